The van der Waals surface area contributed by atoms with Crippen molar-refractivity contribution in [2.75, 3.05) is 0 Å². The number of rotatable bonds is 8. The van der Waals surface area contributed by atoms with Crippen molar-refractivity contribution < 1.29 is 19.6 Å². The molecule has 0 fully saturated rings. The summed E-state index contributed by atoms with van der Waals surface area (Å²) in [7, 11) is -1.49. The Morgan fingerprint density at radius 3 is 2.10 bits per heavy atom. The van der Waals surface area contributed by atoms with Crippen molar-refractivity contribution in [3.05, 3.63) is 54.2 Å². The first-order valence-electron chi connectivity index (χ1n) is 10.5. The summed E-state index contributed by atoms with van der Waals surface area (Å²) in [5.74, 6) is -0.763. The predicted octanol–water partition coefficient (Wildman–Crippen LogP) is 2.67. The van der Waals surface area contributed by atoms with Gasteiger partial charge >= 0.3 is 7.12 Å². The van der Waals surface area contributed by atoms with Crippen molar-refractivity contribution in [3.63, 3.8) is 0 Å². The van der Waals surface area contributed by atoms with Crippen molar-refractivity contribution >= 4 is 18.9 Å². The molecule has 1 aromatic heterocycles. The molecule has 2 aromatic rings. The molecule has 2 amide bonds. The Morgan fingerprint density at radius 1 is 1.00 bits per heavy atom. The summed E-state index contributed by atoms with van der Waals surface area (Å²) in [6, 6.07) is 14.9. The third kappa shape index (κ3) is 9.32. The normalized spacial score (nSPS) is 12.5. The molecule has 0 aliphatic rings. The van der Waals surface area contributed by atoms with Crippen molar-refractivity contribution in [3.8, 4) is 11.3 Å². The summed E-state index contributed by atoms with van der Waals surface area (Å²) in [5, 5.41) is 21.0. The lowest BCUT2D eigenvalue weighted by Crippen LogP contribution is -2.49. The van der Waals surface area contributed by atoms with E-state index in [9.17, 15) is 19.6 Å². The maximum Gasteiger partial charge on any atom is 0.475 e. The van der Waals surface area contributed by atoms with E-state index in [1.807, 2.05) is 71.0 Å². The highest BCUT2D eigenvalue weighted by Crippen LogP contribution is 2.16. The second-order valence-electron chi connectivity index (χ2n) is 8.33. The van der Waals surface area contributed by atoms with Crippen LogP contribution in [0.15, 0.2) is 48.5 Å². The van der Waals surface area contributed by atoms with Gasteiger partial charge in [0, 0.05) is 11.5 Å². The summed E-state index contributed by atoms with van der Waals surface area (Å²) in [4.78, 5) is 26.9. The first-order valence-corrected chi connectivity index (χ1v) is 10.5. The molecule has 2 atom stereocenters. The number of nitrogens with two attached hydrogens (primary N) is 1. The third-order valence-electron chi connectivity index (χ3n) is 4.90. The number of benzene rings is 1. The van der Waals surface area contributed by atoms with Crippen molar-refractivity contribution in [1.29, 1.82) is 0 Å². The fourth-order valence-electron chi connectivity index (χ4n) is 2.72. The molecule has 0 saturated heterocycles. The van der Waals surface area contributed by atoms with E-state index in [0.29, 0.717) is 12.3 Å². The van der Waals surface area contributed by atoms with E-state index >= 15 is 0 Å². The molecular formula is C23H34BN3O4. The van der Waals surface area contributed by atoms with Gasteiger partial charge in [-0.1, -0.05) is 71.0 Å². The maximum absolute atomic E-state index is 11.7. The number of amides is 2. The molecule has 0 bridgehead atoms. The van der Waals surface area contributed by atoms with Crippen molar-refractivity contribution in [2.24, 2.45) is 23.5 Å². The first-order chi connectivity index (χ1) is 14.5. The molecule has 0 radical (unpaired) electrons. The van der Waals surface area contributed by atoms with Gasteiger partial charge in [0.25, 0.3) is 5.91 Å². The summed E-state index contributed by atoms with van der Waals surface area (Å²) >= 11 is 0. The summed E-state index contributed by atoms with van der Waals surface area (Å²) in [6.07, 6.45) is 0.564. The second-order valence-corrected chi connectivity index (χ2v) is 8.33. The molecule has 2 rings (SSSR count). The third-order valence-corrected chi connectivity index (χ3v) is 4.90. The van der Waals surface area contributed by atoms with E-state index in [4.69, 9.17) is 5.73 Å². The smallest absolute Gasteiger partial charge is 0.426 e. The number of nitrogens with zero attached hydrogens (tertiary/aromatic N) is 1. The topological polar surface area (TPSA) is 126 Å². The number of nitrogens with one attached hydrogen (secondary N) is 1. The zero-order valence-corrected chi connectivity index (χ0v) is 18.9. The van der Waals surface area contributed by atoms with Gasteiger partial charge in [0.05, 0.1) is 11.6 Å². The van der Waals surface area contributed by atoms with Crippen LogP contribution in [0.3, 0.4) is 0 Å². The van der Waals surface area contributed by atoms with Gasteiger partial charge < -0.3 is 21.1 Å². The van der Waals surface area contributed by atoms with E-state index < -0.39 is 19.0 Å². The molecule has 168 valence electrons. The van der Waals surface area contributed by atoms with Gasteiger partial charge in [-0.2, -0.15) is 0 Å². The van der Waals surface area contributed by atoms with E-state index in [1.165, 1.54) is 0 Å². The summed E-state index contributed by atoms with van der Waals surface area (Å²) in [6.45, 7) is 9.74. The van der Waals surface area contributed by atoms with Crippen LogP contribution in [0.2, 0.25) is 0 Å². The van der Waals surface area contributed by atoms with Gasteiger partial charge in [-0.3, -0.25) is 9.59 Å². The molecule has 0 spiro atoms. The Hall–Kier alpha value is -2.71. The van der Waals surface area contributed by atoms with Gasteiger partial charge in [-0.25, -0.2) is 4.98 Å². The molecule has 0 aliphatic carbocycles. The van der Waals surface area contributed by atoms with Crippen LogP contribution in [0.1, 0.15) is 51.5 Å². The van der Waals surface area contributed by atoms with Gasteiger partial charge in [-0.15, -0.1) is 0 Å². The van der Waals surface area contributed by atoms with Gasteiger partial charge in [0.1, 0.15) is 5.69 Å². The maximum atomic E-state index is 11.7. The molecule has 5 N–H and O–H groups in total. The Bertz CT molecular complexity index is 829. The SMILES string of the molecule is CC(C)C[C@H](NC(=O)C(C)C(C)C)B(O)O.NC(=O)c1cccc(-c2ccccc2)n1. The zero-order valence-electron chi connectivity index (χ0n) is 18.9. The van der Waals surface area contributed by atoms with E-state index in [-0.39, 0.29) is 23.4 Å². The molecule has 0 saturated carbocycles. The van der Waals surface area contributed by atoms with Crippen LogP contribution in [-0.4, -0.2) is 39.9 Å². The lowest BCUT2D eigenvalue weighted by atomic mass is 9.74. The number of hydrogen-bond acceptors (Lipinski definition) is 5. The van der Waals surface area contributed by atoms with Crippen LogP contribution in [0.25, 0.3) is 11.3 Å². The minimum Gasteiger partial charge on any atom is -0.426 e. The van der Waals surface area contributed by atoms with E-state index in [0.717, 1.165) is 11.3 Å². The Labute approximate surface area is 185 Å². The minimum atomic E-state index is -1.49. The highest BCUT2D eigenvalue weighted by molar-refractivity contribution is 6.43. The van der Waals surface area contributed by atoms with Crippen LogP contribution in [0.5, 0.6) is 0 Å². The zero-order chi connectivity index (χ0) is 23.6. The highest BCUT2D eigenvalue weighted by atomic mass is 16.4. The second kappa shape index (κ2) is 12.9. The number of carbonyl (C=O) groups excluding carboxylic acids is 2. The Morgan fingerprint density at radius 2 is 1.61 bits per heavy atom. The standard InChI is InChI=1S/C12H10N2O.C11H24BNO3/c13-12(15)11-8-4-7-10(14-11)9-5-2-1-3-6-9;1-7(2)6-10(12(15)16)13-11(14)9(5)8(3)4/h1-8H,(H2,13,15);7-10,15-16H,6H2,1-5H3,(H,13,14)/t;9?,10-/m.0/s1. The quantitative estimate of drug-likeness (QED) is 0.482. The fraction of sp³-hybridized carbons (Fsp3) is 0.435. The lowest BCUT2D eigenvalue weighted by molar-refractivity contribution is -0.126. The van der Waals surface area contributed by atoms with Crippen LogP contribution in [0, 0.1) is 17.8 Å². The summed E-state index contributed by atoms with van der Waals surface area (Å²) in [5.41, 5.74) is 7.18. The largest absolute Gasteiger partial charge is 0.475 e. The lowest BCUT2D eigenvalue weighted by Gasteiger charge is -2.23. The Balaban J connectivity index is 0.000000310. The number of pyridine rings is 1. The fourth-order valence-corrected chi connectivity index (χ4v) is 2.72. The molecule has 1 unspecified atom stereocenters. The summed E-state index contributed by atoms with van der Waals surface area (Å²) < 4.78 is 0. The van der Waals surface area contributed by atoms with Crippen molar-refractivity contribution in [1.82, 2.24) is 10.3 Å². The number of aromatic nitrogens is 1. The van der Waals surface area contributed by atoms with Crippen LogP contribution in [-0.2, 0) is 4.79 Å². The molecule has 8 heteroatoms. The average Bonchev–Trinajstić information content (AvgIpc) is 2.73. The predicted molar refractivity (Wildman–Crippen MR) is 124 cm³/mol. The first kappa shape index (κ1) is 26.3. The number of primary amides is 1. The van der Waals surface area contributed by atoms with Gasteiger partial charge in [-0.05, 0) is 30.4 Å². The van der Waals surface area contributed by atoms with Crippen molar-refractivity contribution in [2.45, 2.75) is 47.0 Å². The Kier molecular flexibility index (Phi) is 10.9. The number of hydrogen-bond donors (Lipinski definition) is 4. The average molecular weight is 427 g/mol. The van der Waals surface area contributed by atoms with Gasteiger partial charge in [0.15, 0.2) is 0 Å². The minimum absolute atomic E-state index is 0.117. The van der Waals surface area contributed by atoms with Gasteiger partial charge in [0.2, 0.25) is 5.91 Å². The van der Waals surface area contributed by atoms with E-state index in [1.54, 1.807) is 12.1 Å². The van der Waals surface area contributed by atoms with Crippen LogP contribution < -0.4 is 11.1 Å². The molecular weight excluding hydrogens is 393 g/mol. The molecule has 0 aliphatic heterocycles. The number of carbonyl (C=O) groups is 2. The molecule has 7 nitrogen and oxygen atoms in total. The van der Waals surface area contributed by atoms with Crippen LogP contribution >= 0.6 is 0 Å². The molecule has 31 heavy (non-hydrogen) atoms. The highest BCUT2D eigenvalue weighted by Gasteiger charge is 2.28. The molecule has 1 heterocycles. The van der Waals surface area contributed by atoms with E-state index in [2.05, 4.69) is 10.3 Å². The van der Waals surface area contributed by atoms with Crippen LogP contribution in [0.4, 0.5) is 0 Å². The molecule has 1 aromatic carbocycles. The monoisotopic (exact) mass is 427 g/mol.